The molecule has 6 heteroatoms. The number of carbonyl (C=O) groups excluding carboxylic acids is 2. The number of amides is 1. The van der Waals surface area contributed by atoms with E-state index in [0.29, 0.717) is 28.6 Å². The highest BCUT2D eigenvalue weighted by atomic mass is 35.5. The van der Waals surface area contributed by atoms with Crippen molar-refractivity contribution >= 4 is 29.2 Å². The normalized spacial score (nSPS) is 10.5. The Morgan fingerprint density at radius 1 is 1.07 bits per heavy atom. The molecule has 1 amide bonds. The van der Waals surface area contributed by atoms with Gasteiger partial charge in [0.2, 0.25) is 5.91 Å². The minimum absolute atomic E-state index is 0.0575. The molecular formula is C22H21ClN2O3. The molecule has 0 unspecified atom stereocenters. The lowest BCUT2D eigenvalue weighted by Gasteiger charge is -2.13. The van der Waals surface area contributed by atoms with Gasteiger partial charge in [-0.1, -0.05) is 48.0 Å². The summed E-state index contributed by atoms with van der Waals surface area (Å²) in [6, 6.07) is 18.4. The first-order valence-electron chi connectivity index (χ1n) is 8.97. The van der Waals surface area contributed by atoms with Crippen LogP contribution in [0.25, 0.3) is 11.3 Å². The van der Waals surface area contributed by atoms with Crippen LogP contribution in [-0.2, 0) is 16.1 Å². The quantitative estimate of drug-likeness (QED) is 0.601. The highest BCUT2D eigenvalue weighted by Gasteiger charge is 2.21. The minimum atomic E-state index is -0.397. The average Bonchev–Trinajstić information content (AvgIpc) is 2.99. The molecule has 1 N–H and O–H groups in total. The zero-order valence-corrected chi connectivity index (χ0v) is 16.5. The zero-order valence-electron chi connectivity index (χ0n) is 15.7. The molecule has 3 rings (SSSR count). The fourth-order valence-electron chi connectivity index (χ4n) is 3.02. The van der Waals surface area contributed by atoms with Crippen molar-refractivity contribution in [2.45, 2.75) is 20.4 Å². The predicted octanol–water partition coefficient (Wildman–Crippen LogP) is 4.93. The molecule has 1 aromatic heterocycles. The van der Waals surface area contributed by atoms with Gasteiger partial charge in [-0.3, -0.25) is 4.79 Å². The molecule has 0 bridgehead atoms. The maximum Gasteiger partial charge on any atom is 0.339 e. The zero-order chi connectivity index (χ0) is 20.1. The van der Waals surface area contributed by atoms with Gasteiger partial charge in [0, 0.05) is 22.1 Å². The van der Waals surface area contributed by atoms with Crippen molar-refractivity contribution in [2.24, 2.45) is 0 Å². The van der Waals surface area contributed by atoms with Crippen LogP contribution in [0.3, 0.4) is 0 Å². The fraction of sp³-hybridized carbons (Fsp3) is 0.182. The van der Waals surface area contributed by atoms with E-state index in [0.717, 1.165) is 11.3 Å². The Morgan fingerprint density at radius 3 is 2.50 bits per heavy atom. The van der Waals surface area contributed by atoms with Gasteiger partial charge < -0.3 is 14.6 Å². The highest BCUT2D eigenvalue weighted by molar-refractivity contribution is 6.30. The SMILES string of the molecule is CCOC(=O)c1cc(-c2ccccc2)n(CC(=O)Nc2cccc(Cl)c2)c1C. The number of nitrogens with one attached hydrogen (secondary N) is 1. The Bertz CT molecular complexity index is 996. The molecule has 0 aliphatic rings. The van der Waals surface area contributed by atoms with E-state index in [1.807, 2.05) is 41.8 Å². The summed E-state index contributed by atoms with van der Waals surface area (Å²) in [5.41, 5.74) is 3.45. The third kappa shape index (κ3) is 4.43. The van der Waals surface area contributed by atoms with Gasteiger partial charge in [-0.25, -0.2) is 4.79 Å². The van der Waals surface area contributed by atoms with Crippen LogP contribution in [0.4, 0.5) is 5.69 Å². The van der Waals surface area contributed by atoms with E-state index < -0.39 is 5.97 Å². The van der Waals surface area contributed by atoms with Crippen LogP contribution < -0.4 is 5.32 Å². The summed E-state index contributed by atoms with van der Waals surface area (Å²) in [7, 11) is 0. The van der Waals surface area contributed by atoms with E-state index >= 15 is 0 Å². The fourth-order valence-corrected chi connectivity index (χ4v) is 3.21. The molecule has 2 aromatic carbocycles. The van der Waals surface area contributed by atoms with Gasteiger partial charge in [-0.05, 0) is 43.7 Å². The summed E-state index contributed by atoms with van der Waals surface area (Å²) in [4.78, 5) is 25.0. The Morgan fingerprint density at radius 2 is 1.82 bits per heavy atom. The molecule has 0 radical (unpaired) electrons. The smallest absolute Gasteiger partial charge is 0.339 e. The molecule has 3 aromatic rings. The monoisotopic (exact) mass is 396 g/mol. The standard InChI is InChI=1S/C22H21ClN2O3/c1-3-28-22(27)19-13-20(16-8-5-4-6-9-16)25(15(19)2)14-21(26)24-18-11-7-10-17(23)12-18/h4-13H,3,14H2,1-2H3,(H,24,26). The van der Waals surface area contributed by atoms with Gasteiger partial charge in [0.25, 0.3) is 0 Å². The van der Waals surface area contributed by atoms with Crippen molar-refractivity contribution in [1.82, 2.24) is 4.57 Å². The average molecular weight is 397 g/mol. The van der Waals surface area contributed by atoms with Gasteiger partial charge in [-0.15, -0.1) is 0 Å². The van der Waals surface area contributed by atoms with Crippen LogP contribution in [0.5, 0.6) is 0 Å². The number of aromatic nitrogens is 1. The van der Waals surface area contributed by atoms with Gasteiger partial charge in [0.15, 0.2) is 0 Å². The summed E-state index contributed by atoms with van der Waals surface area (Å²) < 4.78 is 6.98. The second-order valence-electron chi connectivity index (χ2n) is 6.26. The molecule has 0 saturated carbocycles. The maximum atomic E-state index is 12.6. The first-order valence-corrected chi connectivity index (χ1v) is 9.35. The number of carbonyl (C=O) groups is 2. The molecule has 0 aliphatic carbocycles. The van der Waals surface area contributed by atoms with Crippen LogP contribution in [-0.4, -0.2) is 23.1 Å². The molecule has 0 aliphatic heterocycles. The molecule has 0 spiro atoms. The van der Waals surface area contributed by atoms with E-state index in [-0.39, 0.29) is 12.5 Å². The van der Waals surface area contributed by atoms with Crippen molar-refractivity contribution in [3.63, 3.8) is 0 Å². The third-order valence-electron chi connectivity index (χ3n) is 4.34. The van der Waals surface area contributed by atoms with E-state index in [4.69, 9.17) is 16.3 Å². The van der Waals surface area contributed by atoms with Crippen LogP contribution in [0.2, 0.25) is 5.02 Å². The van der Waals surface area contributed by atoms with E-state index in [2.05, 4.69) is 5.32 Å². The molecule has 0 saturated heterocycles. The summed E-state index contributed by atoms with van der Waals surface area (Å²) in [5.74, 6) is -0.611. The van der Waals surface area contributed by atoms with Crippen molar-refractivity contribution in [3.05, 3.63) is 76.9 Å². The highest BCUT2D eigenvalue weighted by Crippen LogP contribution is 2.27. The minimum Gasteiger partial charge on any atom is -0.462 e. The largest absolute Gasteiger partial charge is 0.462 e. The lowest BCUT2D eigenvalue weighted by atomic mass is 10.1. The number of ether oxygens (including phenoxy) is 1. The van der Waals surface area contributed by atoms with Crippen molar-refractivity contribution in [1.29, 1.82) is 0 Å². The maximum absolute atomic E-state index is 12.6. The number of anilines is 1. The molecular weight excluding hydrogens is 376 g/mol. The predicted molar refractivity (Wildman–Crippen MR) is 111 cm³/mol. The van der Waals surface area contributed by atoms with Crippen LogP contribution in [0.1, 0.15) is 23.0 Å². The number of hydrogen-bond donors (Lipinski definition) is 1. The Kier molecular flexibility index (Phi) is 6.16. The Hall–Kier alpha value is -3.05. The number of hydrogen-bond acceptors (Lipinski definition) is 3. The van der Waals surface area contributed by atoms with E-state index in [1.165, 1.54) is 0 Å². The molecule has 5 nitrogen and oxygen atoms in total. The van der Waals surface area contributed by atoms with E-state index in [9.17, 15) is 9.59 Å². The van der Waals surface area contributed by atoms with Gasteiger partial charge >= 0.3 is 5.97 Å². The molecule has 1 heterocycles. The van der Waals surface area contributed by atoms with Crippen molar-refractivity contribution < 1.29 is 14.3 Å². The van der Waals surface area contributed by atoms with Crippen LogP contribution in [0, 0.1) is 6.92 Å². The molecule has 0 atom stereocenters. The topological polar surface area (TPSA) is 60.3 Å². The first-order chi connectivity index (χ1) is 13.5. The lowest BCUT2D eigenvalue weighted by molar-refractivity contribution is -0.116. The number of rotatable bonds is 6. The second-order valence-corrected chi connectivity index (χ2v) is 6.70. The van der Waals surface area contributed by atoms with Crippen LogP contribution >= 0.6 is 11.6 Å². The van der Waals surface area contributed by atoms with Gasteiger partial charge in [0.05, 0.1) is 12.2 Å². The van der Waals surface area contributed by atoms with Gasteiger partial charge in [-0.2, -0.15) is 0 Å². The molecule has 0 fully saturated rings. The Balaban J connectivity index is 1.94. The van der Waals surface area contributed by atoms with E-state index in [1.54, 1.807) is 37.3 Å². The number of nitrogens with zero attached hydrogens (tertiary/aromatic N) is 1. The number of halogens is 1. The number of esters is 1. The van der Waals surface area contributed by atoms with Crippen molar-refractivity contribution in [3.8, 4) is 11.3 Å². The number of benzene rings is 2. The lowest BCUT2D eigenvalue weighted by Crippen LogP contribution is -2.20. The van der Waals surface area contributed by atoms with Crippen LogP contribution in [0.15, 0.2) is 60.7 Å². The second kappa shape index (κ2) is 8.76. The summed E-state index contributed by atoms with van der Waals surface area (Å²) in [6.45, 7) is 3.92. The third-order valence-corrected chi connectivity index (χ3v) is 4.58. The van der Waals surface area contributed by atoms with Crippen molar-refractivity contribution in [2.75, 3.05) is 11.9 Å². The summed E-state index contributed by atoms with van der Waals surface area (Å²) in [5, 5.41) is 3.39. The Labute approximate surface area is 168 Å². The first kappa shape index (κ1) is 19.7. The molecule has 144 valence electrons. The van der Waals surface area contributed by atoms with Gasteiger partial charge in [0.1, 0.15) is 6.54 Å². The summed E-state index contributed by atoms with van der Waals surface area (Å²) in [6.07, 6.45) is 0. The molecule has 28 heavy (non-hydrogen) atoms. The summed E-state index contributed by atoms with van der Waals surface area (Å²) >= 11 is 5.98.